The minimum Gasteiger partial charge on any atom is -0.462 e. The van der Waals surface area contributed by atoms with Gasteiger partial charge in [-0.25, -0.2) is 0 Å². The molecule has 0 saturated heterocycles. The predicted molar refractivity (Wildman–Crippen MR) is 251 cm³/mol. The van der Waals surface area contributed by atoms with E-state index < -0.39 is 12.1 Å². The molecule has 0 aliphatic carbocycles. The summed E-state index contributed by atoms with van der Waals surface area (Å²) in [5.74, 6) is -1.03. The van der Waals surface area contributed by atoms with Gasteiger partial charge in [-0.1, -0.05) is 188 Å². The van der Waals surface area contributed by atoms with Crippen LogP contribution in [0.15, 0.2) is 109 Å². The van der Waals surface area contributed by atoms with Gasteiger partial charge in [-0.3, -0.25) is 14.4 Å². The lowest BCUT2D eigenvalue weighted by Gasteiger charge is -2.18. The van der Waals surface area contributed by atoms with E-state index in [1.165, 1.54) is 25.7 Å². The maximum absolute atomic E-state index is 12.7. The Morgan fingerprint density at radius 2 is 0.695 bits per heavy atom. The van der Waals surface area contributed by atoms with Gasteiger partial charge >= 0.3 is 17.9 Å². The number of unbranched alkanes of at least 4 members (excludes halogenated alkanes) is 11. The summed E-state index contributed by atoms with van der Waals surface area (Å²) in [5, 5.41) is 0. The number of carbonyl (C=O) groups excluding carboxylic acids is 3. The first-order valence-corrected chi connectivity index (χ1v) is 23.4. The predicted octanol–water partition coefficient (Wildman–Crippen LogP) is 15.2. The second kappa shape index (κ2) is 46.8. The van der Waals surface area contributed by atoms with Gasteiger partial charge in [0.25, 0.3) is 0 Å². The highest BCUT2D eigenvalue weighted by atomic mass is 16.6. The van der Waals surface area contributed by atoms with Crippen LogP contribution in [0, 0.1) is 0 Å². The number of hydrogen-bond acceptors (Lipinski definition) is 6. The molecule has 0 radical (unpaired) electrons. The summed E-state index contributed by atoms with van der Waals surface area (Å²) in [4.78, 5) is 37.6. The Morgan fingerprint density at radius 1 is 0.356 bits per heavy atom. The molecule has 1 atom stereocenters. The highest BCUT2D eigenvalue weighted by molar-refractivity contribution is 5.71. The minimum atomic E-state index is -0.821. The van der Waals surface area contributed by atoms with E-state index in [0.717, 1.165) is 116 Å². The van der Waals surface area contributed by atoms with Crippen LogP contribution in [0.1, 0.15) is 188 Å². The fraction of sp³-hybridized carbons (Fsp3) is 0.604. The van der Waals surface area contributed by atoms with E-state index in [2.05, 4.69) is 118 Å². The van der Waals surface area contributed by atoms with Crippen molar-refractivity contribution in [3.63, 3.8) is 0 Å². The molecular formula is C53H84O6. The Kier molecular flexibility index (Phi) is 43.6. The minimum absolute atomic E-state index is 0.115. The number of carbonyl (C=O) groups is 3. The number of rotatable bonds is 40. The molecule has 1 unspecified atom stereocenters. The normalized spacial score (nSPS) is 13.1. The molecule has 0 aromatic rings. The van der Waals surface area contributed by atoms with Gasteiger partial charge < -0.3 is 14.2 Å². The van der Waals surface area contributed by atoms with Gasteiger partial charge in [0.05, 0.1) is 0 Å². The van der Waals surface area contributed by atoms with Crippen molar-refractivity contribution in [1.82, 2.24) is 0 Å². The Bertz CT molecular complexity index is 1260. The average Bonchev–Trinajstić information content (AvgIpc) is 3.23. The first kappa shape index (κ1) is 55.1. The Morgan fingerprint density at radius 3 is 1.10 bits per heavy atom. The molecule has 0 aliphatic heterocycles. The second-order valence-electron chi connectivity index (χ2n) is 14.9. The van der Waals surface area contributed by atoms with Crippen molar-refractivity contribution in [1.29, 1.82) is 0 Å². The van der Waals surface area contributed by atoms with Crippen molar-refractivity contribution in [2.45, 2.75) is 194 Å². The van der Waals surface area contributed by atoms with E-state index in [4.69, 9.17) is 14.2 Å². The van der Waals surface area contributed by atoms with Crippen LogP contribution < -0.4 is 0 Å². The molecule has 0 aromatic carbocycles. The van der Waals surface area contributed by atoms with E-state index in [1.807, 2.05) is 12.2 Å². The largest absolute Gasteiger partial charge is 0.462 e. The Balaban J connectivity index is 4.40. The lowest BCUT2D eigenvalue weighted by atomic mass is 10.1. The van der Waals surface area contributed by atoms with E-state index in [0.29, 0.717) is 19.3 Å². The van der Waals surface area contributed by atoms with Crippen LogP contribution in [-0.2, 0) is 28.6 Å². The van der Waals surface area contributed by atoms with Crippen LogP contribution in [-0.4, -0.2) is 37.2 Å². The summed E-state index contributed by atoms with van der Waals surface area (Å²) in [6.07, 6.45) is 62.4. The maximum Gasteiger partial charge on any atom is 0.306 e. The van der Waals surface area contributed by atoms with Gasteiger partial charge in [-0.05, 0) is 89.9 Å². The monoisotopic (exact) mass is 817 g/mol. The van der Waals surface area contributed by atoms with E-state index in [1.54, 1.807) is 0 Å². The molecule has 0 bridgehead atoms. The molecule has 6 nitrogen and oxygen atoms in total. The van der Waals surface area contributed by atoms with Crippen LogP contribution in [0.2, 0.25) is 0 Å². The molecule has 0 N–H and O–H groups in total. The summed E-state index contributed by atoms with van der Waals surface area (Å²) in [7, 11) is 0. The Hall–Kier alpha value is -3.93. The molecule has 0 fully saturated rings. The van der Waals surface area contributed by atoms with Gasteiger partial charge in [0.15, 0.2) is 6.10 Å². The third kappa shape index (κ3) is 45.0. The third-order valence-corrected chi connectivity index (χ3v) is 9.29. The van der Waals surface area contributed by atoms with Crippen molar-refractivity contribution >= 4 is 17.9 Å². The fourth-order valence-corrected chi connectivity index (χ4v) is 5.83. The van der Waals surface area contributed by atoms with E-state index in [-0.39, 0.29) is 31.6 Å². The summed E-state index contributed by atoms with van der Waals surface area (Å²) in [5.41, 5.74) is 0. The van der Waals surface area contributed by atoms with Crippen LogP contribution in [0.3, 0.4) is 0 Å². The first-order chi connectivity index (χ1) is 29.0. The van der Waals surface area contributed by atoms with Crippen LogP contribution in [0.25, 0.3) is 0 Å². The van der Waals surface area contributed by atoms with Crippen molar-refractivity contribution in [2.24, 2.45) is 0 Å². The number of ether oxygens (including phenoxy) is 3. The first-order valence-electron chi connectivity index (χ1n) is 23.4. The molecule has 0 aromatic heterocycles. The quantitative estimate of drug-likeness (QED) is 0.0265. The lowest BCUT2D eigenvalue weighted by Crippen LogP contribution is -2.30. The highest BCUT2D eigenvalue weighted by Gasteiger charge is 2.19. The Labute approximate surface area is 361 Å². The summed E-state index contributed by atoms with van der Waals surface area (Å²) >= 11 is 0. The van der Waals surface area contributed by atoms with Crippen molar-refractivity contribution in [2.75, 3.05) is 13.2 Å². The standard InChI is InChI=1S/C53H84O6/c1-4-7-10-13-16-18-20-22-23-24-25-26-27-28-29-31-32-34-37-40-43-46-52(55)58-49-50(48-57-51(54)45-42-39-36-15-12-9-6-3)59-53(56)47-44-41-38-35-33-30-21-19-17-14-11-8-5-2/h7-8,10-11,16-19,22-23,25-26,28-30,33,38,41,50H,4-6,9,12-15,20-21,24,27,31-32,34-37,39-40,42-49H2,1-3H3/b10-7-,11-8-,18-16-,19-17-,23-22-,26-25-,29-28-,33-30-,41-38-. The highest BCUT2D eigenvalue weighted by Crippen LogP contribution is 2.12. The van der Waals surface area contributed by atoms with Crippen molar-refractivity contribution < 1.29 is 28.6 Å². The van der Waals surface area contributed by atoms with Gasteiger partial charge in [-0.15, -0.1) is 0 Å². The molecule has 0 saturated carbocycles. The molecule has 0 aliphatic rings. The molecule has 332 valence electrons. The third-order valence-electron chi connectivity index (χ3n) is 9.29. The molecule has 6 heteroatoms. The van der Waals surface area contributed by atoms with E-state index in [9.17, 15) is 14.4 Å². The number of hydrogen-bond donors (Lipinski definition) is 0. The van der Waals surface area contributed by atoms with Crippen LogP contribution in [0.5, 0.6) is 0 Å². The molecule has 0 heterocycles. The lowest BCUT2D eigenvalue weighted by molar-refractivity contribution is -0.166. The van der Waals surface area contributed by atoms with Crippen molar-refractivity contribution in [3.8, 4) is 0 Å². The average molecular weight is 817 g/mol. The molecule has 0 spiro atoms. The molecule has 0 rings (SSSR count). The van der Waals surface area contributed by atoms with Crippen molar-refractivity contribution in [3.05, 3.63) is 109 Å². The molecule has 0 amide bonds. The SMILES string of the molecule is CC/C=C\C/C=C\C/C=C\C/C=C\C/C=C\CCCCCCCC(=O)OCC(COC(=O)CCCCCCCCC)OC(=O)CC/C=C\C/C=C\C/C=C\C/C=C\CC. The van der Waals surface area contributed by atoms with Gasteiger partial charge in [0.1, 0.15) is 13.2 Å². The zero-order valence-electron chi connectivity index (χ0n) is 37.7. The smallest absolute Gasteiger partial charge is 0.306 e. The summed E-state index contributed by atoms with van der Waals surface area (Å²) < 4.78 is 16.6. The van der Waals surface area contributed by atoms with Gasteiger partial charge in [-0.2, -0.15) is 0 Å². The molecular weight excluding hydrogens is 733 g/mol. The maximum atomic E-state index is 12.7. The summed E-state index contributed by atoms with van der Waals surface area (Å²) in [6, 6.07) is 0. The topological polar surface area (TPSA) is 78.9 Å². The van der Waals surface area contributed by atoms with E-state index >= 15 is 0 Å². The summed E-state index contributed by atoms with van der Waals surface area (Å²) in [6.45, 7) is 6.25. The number of esters is 3. The zero-order valence-corrected chi connectivity index (χ0v) is 37.7. The zero-order chi connectivity index (χ0) is 43.0. The van der Waals surface area contributed by atoms with Crippen LogP contribution in [0.4, 0.5) is 0 Å². The van der Waals surface area contributed by atoms with Gasteiger partial charge in [0.2, 0.25) is 0 Å². The molecule has 59 heavy (non-hydrogen) atoms. The number of allylic oxidation sites excluding steroid dienone is 18. The van der Waals surface area contributed by atoms with Crippen LogP contribution >= 0.6 is 0 Å². The fourth-order valence-electron chi connectivity index (χ4n) is 5.83. The van der Waals surface area contributed by atoms with Gasteiger partial charge in [0, 0.05) is 19.3 Å². The second-order valence-corrected chi connectivity index (χ2v) is 14.9.